The van der Waals surface area contributed by atoms with E-state index in [9.17, 15) is 14.4 Å². The third-order valence-electron chi connectivity index (χ3n) is 12.8. The van der Waals surface area contributed by atoms with Crippen molar-refractivity contribution in [3.8, 4) is 0 Å². The Kier molecular flexibility index (Phi) is 56.8. The Balaban J connectivity index is 4.16. The van der Waals surface area contributed by atoms with E-state index in [-0.39, 0.29) is 31.1 Å². The number of ether oxygens (including phenoxy) is 3. The van der Waals surface area contributed by atoms with E-state index in [1.807, 2.05) is 0 Å². The molecule has 0 aromatic carbocycles. The fraction of sp³-hybridized carbons (Fsp3) is 0.712. The average molecular weight is 1000 g/mol. The van der Waals surface area contributed by atoms with Crippen LogP contribution in [0.2, 0.25) is 0 Å². The van der Waals surface area contributed by atoms with E-state index in [0.717, 1.165) is 116 Å². The van der Waals surface area contributed by atoms with Crippen molar-refractivity contribution in [2.45, 2.75) is 290 Å². The van der Waals surface area contributed by atoms with Crippen LogP contribution < -0.4 is 0 Å². The summed E-state index contributed by atoms with van der Waals surface area (Å²) in [6.07, 6.45) is 79.9. The molecule has 0 spiro atoms. The van der Waals surface area contributed by atoms with Gasteiger partial charge in [0.25, 0.3) is 0 Å². The molecule has 0 aliphatic rings. The molecule has 0 fully saturated rings. The Hall–Kier alpha value is -3.67. The van der Waals surface area contributed by atoms with Gasteiger partial charge in [-0.05, 0) is 116 Å². The Bertz CT molecular complexity index is 1430. The van der Waals surface area contributed by atoms with Gasteiger partial charge in [0, 0.05) is 19.3 Å². The Labute approximate surface area is 445 Å². The molecule has 0 saturated heterocycles. The maximum absolute atomic E-state index is 12.8. The SMILES string of the molecule is CC/C=C\C/C=C\C/C=C\C/C=C\C/C=C\C/C=C\CCCCCCCCCCCCCCC(=O)OCC(COC(=O)CCCCCCC/C=C\CCCC)OC(=O)CCCCCCC/C=C\CCCCC. The molecule has 6 nitrogen and oxygen atoms in total. The Morgan fingerprint density at radius 3 is 0.903 bits per heavy atom. The predicted octanol–water partition coefficient (Wildman–Crippen LogP) is 20.5. The molecule has 0 aliphatic heterocycles. The zero-order chi connectivity index (χ0) is 52.2. The lowest BCUT2D eigenvalue weighted by atomic mass is 10.0. The molecule has 0 amide bonds. The number of unbranched alkanes of at least 4 members (excludes halogenated alkanes) is 27. The van der Waals surface area contributed by atoms with Crippen molar-refractivity contribution in [3.05, 3.63) is 97.2 Å². The van der Waals surface area contributed by atoms with Gasteiger partial charge in [-0.3, -0.25) is 14.4 Å². The van der Waals surface area contributed by atoms with Crippen molar-refractivity contribution >= 4 is 17.9 Å². The highest BCUT2D eigenvalue weighted by atomic mass is 16.6. The monoisotopic (exact) mass is 1000 g/mol. The molecule has 1 atom stereocenters. The summed E-state index contributed by atoms with van der Waals surface area (Å²) < 4.78 is 16.8. The van der Waals surface area contributed by atoms with E-state index in [2.05, 4.69) is 118 Å². The molecule has 0 aromatic heterocycles. The topological polar surface area (TPSA) is 78.9 Å². The first kappa shape index (κ1) is 68.3. The first-order valence-corrected chi connectivity index (χ1v) is 30.2. The molecule has 0 rings (SSSR count). The molecule has 412 valence electrons. The quantitative estimate of drug-likeness (QED) is 0.0261. The van der Waals surface area contributed by atoms with Gasteiger partial charge in [-0.25, -0.2) is 0 Å². The van der Waals surface area contributed by atoms with E-state index in [4.69, 9.17) is 14.2 Å². The van der Waals surface area contributed by atoms with Gasteiger partial charge in [0.2, 0.25) is 0 Å². The van der Waals surface area contributed by atoms with Gasteiger partial charge in [-0.15, -0.1) is 0 Å². The van der Waals surface area contributed by atoms with E-state index < -0.39 is 6.10 Å². The second kappa shape index (κ2) is 59.9. The maximum atomic E-state index is 12.8. The van der Waals surface area contributed by atoms with Crippen LogP contribution in [0.4, 0.5) is 0 Å². The van der Waals surface area contributed by atoms with Gasteiger partial charge in [-0.2, -0.15) is 0 Å². The summed E-state index contributed by atoms with van der Waals surface area (Å²) >= 11 is 0. The number of esters is 3. The van der Waals surface area contributed by atoms with Crippen LogP contribution in [-0.4, -0.2) is 37.2 Å². The lowest BCUT2D eigenvalue weighted by molar-refractivity contribution is -0.167. The van der Waals surface area contributed by atoms with Crippen LogP contribution in [-0.2, 0) is 28.6 Å². The zero-order valence-corrected chi connectivity index (χ0v) is 47.2. The van der Waals surface area contributed by atoms with Crippen molar-refractivity contribution in [1.29, 1.82) is 0 Å². The van der Waals surface area contributed by atoms with Crippen LogP contribution in [0.5, 0.6) is 0 Å². The lowest BCUT2D eigenvalue weighted by Crippen LogP contribution is -2.30. The lowest BCUT2D eigenvalue weighted by Gasteiger charge is -2.18. The standard InChI is InChI=1S/C66H112O6/c1-4-7-10-13-16-19-22-24-25-26-27-28-29-30-31-32-33-34-35-36-37-38-39-40-41-42-45-47-50-53-56-59-65(68)71-62-63(61-70-64(67)58-55-52-49-46-43-21-18-15-12-9-6-3)72-66(69)60-57-54-51-48-44-23-20-17-14-11-8-5-2/h7,10,15-20,24-25,27-28,30-31,33-34,63H,4-6,8-9,11-14,21-23,26,29,32,35-62H2,1-3H3/b10-7-,18-15-,19-16-,20-17-,25-24-,28-27-,31-30-,34-33-. The van der Waals surface area contributed by atoms with Crippen molar-refractivity contribution in [2.24, 2.45) is 0 Å². The smallest absolute Gasteiger partial charge is 0.306 e. The van der Waals surface area contributed by atoms with Gasteiger partial charge in [0.05, 0.1) is 0 Å². The molecule has 0 N–H and O–H groups in total. The van der Waals surface area contributed by atoms with Gasteiger partial charge in [0.15, 0.2) is 6.10 Å². The van der Waals surface area contributed by atoms with E-state index in [1.165, 1.54) is 128 Å². The summed E-state index contributed by atoms with van der Waals surface area (Å²) in [6.45, 7) is 6.45. The molecule has 0 heterocycles. The molecular formula is C66H112O6. The molecule has 1 unspecified atom stereocenters. The van der Waals surface area contributed by atoms with Crippen molar-refractivity contribution in [2.75, 3.05) is 13.2 Å². The normalized spacial score (nSPS) is 12.8. The van der Waals surface area contributed by atoms with Gasteiger partial charge in [0.1, 0.15) is 13.2 Å². The molecule has 0 saturated carbocycles. The zero-order valence-electron chi connectivity index (χ0n) is 47.2. The van der Waals surface area contributed by atoms with Gasteiger partial charge in [-0.1, -0.05) is 246 Å². The van der Waals surface area contributed by atoms with Crippen LogP contribution in [0, 0.1) is 0 Å². The minimum Gasteiger partial charge on any atom is -0.462 e. The molecule has 0 aromatic rings. The summed E-state index contributed by atoms with van der Waals surface area (Å²) in [6, 6.07) is 0. The Morgan fingerprint density at radius 1 is 0.292 bits per heavy atom. The van der Waals surface area contributed by atoms with Crippen LogP contribution in [0.25, 0.3) is 0 Å². The highest BCUT2D eigenvalue weighted by Gasteiger charge is 2.19. The third kappa shape index (κ3) is 57.2. The van der Waals surface area contributed by atoms with Crippen LogP contribution in [0.3, 0.4) is 0 Å². The number of allylic oxidation sites excluding steroid dienone is 16. The summed E-state index contributed by atoms with van der Waals surface area (Å²) in [5.41, 5.74) is 0. The van der Waals surface area contributed by atoms with Crippen molar-refractivity contribution in [3.63, 3.8) is 0 Å². The van der Waals surface area contributed by atoms with Crippen LogP contribution in [0.15, 0.2) is 97.2 Å². The fourth-order valence-electron chi connectivity index (χ4n) is 8.25. The maximum Gasteiger partial charge on any atom is 0.306 e. The third-order valence-corrected chi connectivity index (χ3v) is 12.8. The minimum atomic E-state index is -0.784. The number of carbonyl (C=O) groups is 3. The largest absolute Gasteiger partial charge is 0.462 e. The molecule has 6 heteroatoms. The van der Waals surface area contributed by atoms with E-state index in [1.54, 1.807) is 0 Å². The molecule has 0 aliphatic carbocycles. The molecule has 72 heavy (non-hydrogen) atoms. The number of hydrogen-bond acceptors (Lipinski definition) is 6. The first-order chi connectivity index (χ1) is 35.5. The highest BCUT2D eigenvalue weighted by molar-refractivity contribution is 5.71. The molecule has 0 bridgehead atoms. The highest BCUT2D eigenvalue weighted by Crippen LogP contribution is 2.15. The number of rotatable bonds is 54. The van der Waals surface area contributed by atoms with Crippen LogP contribution in [0.1, 0.15) is 284 Å². The minimum absolute atomic E-state index is 0.0832. The summed E-state index contributed by atoms with van der Waals surface area (Å²) in [5, 5.41) is 0. The predicted molar refractivity (Wildman–Crippen MR) is 311 cm³/mol. The first-order valence-electron chi connectivity index (χ1n) is 30.2. The van der Waals surface area contributed by atoms with Crippen molar-refractivity contribution in [1.82, 2.24) is 0 Å². The van der Waals surface area contributed by atoms with Crippen molar-refractivity contribution < 1.29 is 28.6 Å². The summed E-state index contributed by atoms with van der Waals surface area (Å²) in [5.74, 6) is -0.901. The van der Waals surface area contributed by atoms with Gasteiger partial charge >= 0.3 is 17.9 Å². The van der Waals surface area contributed by atoms with E-state index >= 15 is 0 Å². The second-order valence-electron chi connectivity index (χ2n) is 19.9. The second-order valence-corrected chi connectivity index (χ2v) is 19.9. The summed E-state index contributed by atoms with van der Waals surface area (Å²) in [4.78, 5) is 38.1. The number of hydrogen-bond donors (Lipinski definition) is 0. The van der Waals surface area contributed by atoms with Gasteiger partial charge < -0.3 is 14.2 Å². The van der Waals surface area contributed by atoms with Crippen LogP contribution >= 0.6 is 0 Å². The van der Waals surface area contributed by atoms with E-state index in [0.29, 0.717) is 19.3 Å². The average Bonchev–Trinajstić information content (AvgIpc) is 3.38. The summed E-state index contributed by atoms with van der Waals surface area (Å²) in [7, 11) is 0. The Morgan fingerprint density at radius 2 is 0.556 bits per heavy atom. The molecular weight excluding hydrogens is 889 g/mol. The number of carbonyl (C=O) groups excluding carboxylic acids is 3. The molecule has 0 radical (unpaired) electrons. The fourth-order valence-corrected chi connectivity index (χ4v) is 8.25.